The van der Waals surface area contributed by atoms with Crippen LogP contribution in [0.3, 0.4) is 0 Å². The summed E-state index contributed by atoms with van der Waals surface area (Å²) in [5.74, 6) is 1.66. The Morgan fingerprint density at radius 1 is 0.696 bits per heavy atom. The van der Waals surface area contributed by atoms with E-state index in [0.717, 1.165) is 17.1 Å². The van der Waals surface area contributed by atoms with E-state index in [4.69, 9.17) is 10.5 Å². The van der Waals surface area contributed by atoms with Gasteiger partial charge in [0.1, 0.15) is 11.5 Å². The zero-order valence-electron chi connectivity index (χ0n) is 13.1. The van der Waals surface area contributed by atoms with E-state index in [0.29, 0.717) is 6.54 Å². The summed E-state index contributed by atoms with van der Waals surface area (Å²) in [5, 5.41) is 0. The van der Waals surface area contributed by atoms with E-state index < -0.39 is 0 Å². The van der Waals surface area contributed by atoms with Crippen LogP contribution in [0.1, 0.15) is 16.7 Å². The quantitative estimate of drug-likeness (QED) is 0.759. The van der Waals surface area contributed by atoms with Gasteiger partial charge in [-0.2, -0.15) is 0 Å². The van der Waals surface area contributed by atoms with E-state index >= 15 is 0 Å². The van der Waals surface area contributed by atoms with Crippen molar-refractivity contribution >= 4 is 0 Å². The first-order valence-corrected chi connectivity index (χ1v) is 7.94. The minimum atomic E-state index is 0.534. The third kappa shape index (κ3) is 4.21. The lowest BCUT2D eigenvalue weighted by molar-refractivity contribution is 0.482. The highest BCUT2D eigenvalue weighted by atomic mass is 16.5. The molecule has 3 aromatic carbocycles. The van der Waals surface area contributed by atoms with Gasteiger partial charge < -0.3 is 10.5 Å². The number of para-hydroxylation sites is 1. The molecule has 0 saturated carbocycles. The molecule has 0 fully saturated rings. The predicted molar refractivity (Wildman–Crippen MR) is 94.7 cm³/mol. The zero-order chi connectivity index (χ0) is 15.9. The van der Waals surface area contributed by atoms with Crippen LogP contribution in [0.4, 0.5) is 0 Å². The molecular weight excluding hydrogens is 282 g/mol. The molecule has 0 atom stereocenters. The van der Waals surface area contributed by atoms with Crippen LogP contribution in [0.15, 0.2) is 78.9 Å². The standard InChI is InChI=1S/C13H13NO.C8H8/c14-10-11-5-4-8-13(9-11)15-12-6-2-1-3-7-12;1-2-4-8-6-5-7(8)3-1/h1-9H,10,14H2;1-4H,5-6H2. The highest BCUT2D eigenvalue weighted by Crippen LogP contribution is 2.22. The molecule has 4 rings (SSSR count). The molecule has 0 saturated heterocycles. The van der Waals surface area contributed by atoms with E-state index in [9.17, 15) is 0 Å². The minimum Gasteiger partial charge on any atom is -0.457 e. The van der Waals surface area contributed by atoms with Crippen molar-refractivity contribution in [3.8, 4) is 11.5 Å². The molecule has 0 bridgehead atoms. The van der Waals surface area contributed by atoms with Crippen molar-refractivity contribution < 1.29 is 4.74 Å². The van der Waals surface area contributed by atoms with E-state index in [1.54, 1.807) is 11.1 Å². The summed E-state index contributed by atoms with van der Waals surface area (Å²) < 4.78 is 5.67. The summed E-state index contributed by atoms with van der Waals surface area (Å²) in [7, 11) is 0. The number of fused-ring (bicyclic) bond motifs is 1. The summed E-state index contributed by atoms with van der Waals surface area (Å²) in [6.07, 6.45) is 2.60. The number of benzene rings is 3. The van der Waals surface area contributed by atoms with Gasteiger partial charge >= 0.3 is 0 Å². The predicted octanol–water partition coefficient (Wildman–Crippen LogP) is 4.72. The first-order chi connectivity index (χ1) is 11.3. The van der Waals surface area contributed by atoms with E-state index in [1.165, 1.54) is 12.8 Å². The Balaban J connectivity index is 0.000000162. The second kappa shape index (κ2) is 7.61. The van der Waals surface area contributed by atoms with Crippen LogP contribution in [0.2, 0.25) is 0 Å². The van der Waals surface area contributed by atoms with Gasteiger partial charge in [0.2, 0.25) is 0 Å². The summed E-state index contributed by atoms with van der Waals surface area (Å²) in [6, 6.07) is 26.1. The molecule has 1 aliphatic carbocycles. The molecule has 0 heterocycles. The third-order valence-electron chi connectivity index (χ3n) is 3.90. The van der Waals surface area contributed by atoms with E-state index in [-0.39, 0.29) is 0 Å². The number of hydrogen-bond donors (Lipinski definition) is 1. The zero-order valence-corrected chi connectivity index (χ0v) is 13.1. The van der Waals surface area contributed by atoms with Gasteiger partial charge in [-0.1, -0.05) is 54.6 Å². The molecule has 0 amide bonds. The SMILES string of the molecule is NCc1cccc(Oc2ccccc2)c1.c1ccc2c(c1)CC2. The molecule has 3 aromatic rings. The Morgan fingerprint density at radius 3 is 1.87 bits per heavy atom. The van der Waals surface area contributed by atoms with Crippen molar-refractivity contribution in [3.63, 3.8) is 0 Å². The third-order valence-corrected chi connectivity index (χ3v) is 3.90. The van der Waals surface area contributed by atoms with Crippen LogP contribution in [0, 0.1) is 0 Å². The topological polar surface area (TPSA) is 35.2 Å². The molecule has 0 unspecified atom stereocenters. The van der Waals surface area contributed by atoms with Crippen molar-refractivity contribution in [2.75, 3.05) is 0 Å². The molecule has 116 valence electrons. The Kier molecular flexibility index (Phi) is 5.07. The normalized spacial score (nSPS) is 11.5. The molecule has 2 N–H and O–H groups in total. The monoisotopic (exact) mass is 303 g/mol. The van der Waals surface area contributed by atoms with Crippen molar-refractivity contribution in [3.05, 3.63) is 95.6 Å². The van der Waals surface area contributed by atoms with Crippen molar-refractivity contribution in [1.29, 1.82) is 0 Å². The minimum absolute atomic E-state index is 0.534. The van der Waals surface area contributed by atoms with E-state index in [1.807, 2.05) is 54.6 Å². The van der Waals surface area contributed by atoms with Crippen LogP contribution >= 0.6 is 0 Å². The molecule has 1 aliphatic rings. The van der Waals surface area contributed by atoms with Gasteiger partial charge in [-0.3, -0.25) is 0 Å². The van der Waals surface area contributed by atoms with E-state index in [2.05, 4.69) is 24.3 Å². The van der Waals surface area contributed by atoms with Crippen LogP contribution in [-0.2, 0) is 19.4 Å². The van der Waals surface area contributed by atoms with Crippen molar-refractivity contribution in [2.45, 2.75) is 19.4 Å². The Hall–Kier alpha value is -2.58. The van der Waals surface area contributed by atoms with Gasteiger partial charge in [-0.05, 0) is 53.8 Å². The van der Waals surface area contributed by atoms with Gasteiger partial charge in [-0.15, -0.1) is 0 Å². The smallest absolute Gasteiger partial charge is 0.127 e. The average Bonchev–Trinajstić information content (AvgIpc) is 2.58. The molecular formula is C21H21NO. The second-order valence-electron chi connectivity index (χ2n) is 5.54. The second-order valence-corrected chi connectivity index (χ2v) is 5.54. The summed E-state index contributed by atoms with van der Waals surface area (Å²) in [5.41, 5.74) is 9.73. The molecule has 23 heavy (non-hydrogen) atoms. The van der Waals surface area contributed by atoms with Crippen LogP contribution < -0.4 is 10.5 Å². The number of aryl methyl sites for hydroxylation is 2. The van der Waals surface area contributed by atoms with Crippen LogP contribution in [-0.4, -0.2) is 0 Å². The van der Waals surface area contributed by atoms with Gasteiger partial charge in [0.05, 0.1) is 0 Å². The van der Waals surface area contributed by atoms with Crippen molar-refractivity contribution in [2.24, 2.45) is 5.73 Å². The fourth-order valence-electron chi connectivity index (χ4n) is 2.50. The average molecular weight is 303 g/mol. The van der Waals surface area contributed by atoms with Crippen LogP contribution in [0.25, 0.3) is 0 Å². The van der Waals surface area contributed by atoms with Gasteiger partial charge in [-0.25, -0.2) is 0 Å². The van der Waals surface area contributed by atoms with Crippen molar-refractivity contribution in [1.82, 2.24) is 0 Å². The van der Waals surface area contributed by atoms with Gasteiger partial charge in [0.15, 0.2) is 0 Å². The molecule has 0 aromatic heterocycles. The first-order valence-electron chi connectivity index (χ1n) is 7.94. The summed E-state index contributed by atoms with van der Waals surface area (Å²) in [6.45, 7) is 0.534. The maximum Gasteiger partial charge on any atom is 0.127 e. The Bertz CT molecular complexity index is 730. The van der Waals surface area contributed by atoms with Gasteiger partial charge in [0, 0.05) is 6.54 Å². The lowest BCUT2D eigenvalue weighted by atomic mass is 9.89. The Morgan fingerprint density at radius 2 is 1.30 bits per heavy atom. The largest absolute Gasteiger partial charge is 0.457 e. The molecule has 2 nitrogen and oxygen atoms in total. The fourth-order valence-corrected chi connectivity index (χ4v) is 2.50. The Labute approximate surface area is 137 Å². The molecule has 0 spiro atoms. The maximum atomic E-state index is 5.67. The van der Waals surface area contributed by atoms with Crippen LogP contribution in [0.5, 0.6) is 11.5 Å². The first kappa shape index (κ1) is 15.3. The number of hydrogen-bond acceptors (Lipinski definition) is 2. The summed E-state index contributed by atoms with van der Waals surface area (Å²) >= 11 is 0. The summed E-state index contributed by atoms with van der Waals surface area (Å²) in [4.78, 5) is 0. The highest BCUT2D eigenvalue weighted by molar-refractivity contribution is 5.35. The maximum absolute atomic E-state index is 5.67. The lowest BCUT2D eigenvalue weighted by Crippen LogP contribution is -2.06. The number of rotatable bonds is 3. The molecule has 0 aliphatic heterocycles. The lowest BCUT2D eigenvalue weighted by Gasteiger charge is -2.16. The fraction of sp³-hybridized carbons (Fsp3) is 0.143. The number of ether oxygens (including phenoxy) is 1. The number of nitrogens with two attached hydrogens (primary N) is 1. The highest BCUT2D eigenvalue weighted by Gasteiger charge is 2.09. The molecule has 0 radical (unpaired) electrons. The van der Waals surface area contributed by atoms with Gasteiger partial charge in [0.25, 0.3) is 0 Å². The molecule has 2 heteroatoms.